The highest BCUT2D eigenvalue weighted by Crippen LogP contribution is 2.38. The second-order valence-corrected chi connectivity index (χ2v) is 5.79. The van der Waals surface area contributed by atoms with Crippen molar-refractivity contribution in [3.8, 4) is 17.6 Å². The van der Waals surface area contributed by atoms with E-state index >= 15 is 0 Å². The Morgan fingerprint density at radius 3 is 1.96 bits per heavy atom. The average Bonchev–Trinajstić information content (AvgIpc) is 2.48. The van der Waals surface area contributed by atoms with Crippen LogP contribution in [0.5, 0.6) is 11.5 Å². The number of rotatable bonds is 5. The van der Waals surface area contributed by atoms with Gasteiger partial charge in [0, 0.05) is 19.4 Å². The van der Waals surface area contributed by atoms with E-state index in [1.165, 1.54) is 13.8 Å². The van der Waals surface area contributed by atoms with E-state index in [9.17, 15) is 9.59 Å². The normalized spacial score (nSPS) is 11.0. The third kappa shape index (κ3) is 4.69. The Bertz CT molecular complexity index is 739. The quantitative estimate of drug-likeness (QED) is 0.466. The molecular formula is C19H23NO4. The van der Waals surface area contributed by atoms with E-state index in [0.717, 1.165) is 27.8 Å². The summed E-state index contributed by atoms with van der Waals surface area (Å²) in [6, 6.07) is 2.10. The van der Waals surface area contributed by atoms with E-state index in [4.69, 9.17) is 14.7 Å². The molecule has 0 amide bonds. The first-order valence-corrected chi connectivity index (χ1v) is 7.71. The van der Waals surface area contributed by atoms with Gasteiger partial charge in [0.25, 0.3) is 0 Å². The number of ether oxygens (including phenoxy) is 2. The van der Waals surface area contributed by atoms with Gasteiger partial charge in [0.1, 0.15) is 11.5 Å². The van der Waals surface area contributed by atoms with Gasteiger partial charge in [-0.3, -0.25) is 9.59 Å². The first kappa shape index (κ1) is 19.4. The number of esters is 2. The topological polar surface area (TPSA) is 76.4 Å². The lowest BCUT2D eigenvalue weighted by molar-refractivity contribution is -0.133. The standard InChI is InChI=1S/C19H23NO4/c1-11(9-10-20)7-8-17-14(4)18(23-15(5)21)12(2)13(3)19(17)24-16(6)22/h7H,8-9H2,1-6H3. The van der Waals surface area contributed by atoms with Crippen LogP contribution in [0.25, 0.3) is 0 Å². The maximum absolute atomic E-state index is 11.5. The maximum atomic E-state index is 11.5. The van der Waals surface area contributed by atoms with E-state index < -0.39 is 11.9 Å². The third-order valence-corrected chi connectivity index (χ3v) is 3.82. The minimum Gasteiger partial charge on any atom is -0.426 e. The summed E-state index contributed by atoms with van der Waals surface area (Å²) in [7, 11) is 0. The molecule has 0 aliphatic carbocycles. The van der Waals surface area contributed by atoms with E-state index in [0.29, 0.717) is 24.3 Å². The van der Waals surface area contributed by atoms with Crippen molar-refractivity contribution in [2.24, 2.45) is 0 Å². The predicted molar refractivity (Wildman–Crippen MR) is 91.0 cm³/mol. The van der Waals surface area contributed by atoms with Gasteiger partial charge in [0.2, 0.25) is 0 Å². The Morgan fingerprint density at radius 2 is 1.46 bits per heavy atom. The second kappa shape index (κ2) is 8.30. The van der Waals surface area contributed by atoms with Gasteiger partial charge in [-0.1, -0.05) is 11.6 Å². The van der Waals surface area contributed by atoms with Crippen molar-refractivity contribution in [1.29, 1.82) is 5.26 Å². The molecule has 0 bridgehead atoms. The molecule has 0 radical (unpaired) electrons. The number of nitrogens with zero attached hydrogens (tertiary/aromatic N) is 1. The molecule has 128 valence electrons. The Kier molecular flexibility index (Phi) is 6.72. The molecule has 1 aromatic carbocycles. The van der Waals surface area contributed by atoms with Crippen molar-refractivity contribution in [2.45, 2.75) is 54.4 Å². The van der Waals surface area contributed by atoms with Crippen LogP contribution in [-0.4, -0.2) is 11.9 Å². The molecule has 0 heterocycles. The second-order valence-electron chi connectivity index (χ2n) is 5.79. The fraction of sp³-hybridized carbons (Fsp3) is 0.421. The number of benzene rings is 1. The molecule has 1 rings (SSSR count). The molecule has 5 heteroatoms. The molecule has 0 atom stereocenters. The fourth-order valence-corrected chi connectivity index (χ4v) is 2.45. The summed E-state index contributed by atoms with van der Waals surface area (Å²) in [4.78, 5) is 22.9. The largest absolute Gasteiger partial charge is 0.426 e. The zero-order valence-corrected chi connectivity index (χ0v) is 15.1. The zero-order chi connectivity index (χ0) is 18.4. The highest BCUT2D eigenvalue weighted by Gasteiger charge is 2.21. The molecule has 0 saturated heterocycles. The van der Waals surface area contributed by atoms with Crippen LogP contribution in [0.15, 0.2) is 11.6 Å². The zero-order valence-electron chi connectivity index (χ0n) is 15.1. The van der Waals surface area contributed by atoms with Crippen LogP contribution in [0.2, 0.25) is 0 Å². The van der Waals surface area contributed by atoms with Crippen LogP contribution in [0, 0.1) is 32.1 Å². The average molecular weight is 329 g/mol. The molecule has 0 aliphatic heterocycles. The van der Waals surface area contributed by atoms with Gasteiger partial charge in [-0.05, 0) is 50.8 Å². The Hall–Kier alpha value is -2.61. The molecule has 24 heavy (non-hydrogen) atoms. The summed E-state index contributed by atoms with van der Waals surface area (Å²) < 4.78 is 10.8. The summed E-state index contributed by atoms with van der Waals surface area (Å²) in [5, 5.41) is 8.77. The number of allylic oxidation sites excluding steroid dienone is 2. The van der Waals surface area contributed by atoms with Gasteiger partial charge in [-0.25, -0.2) is 0 Å². The van der Waals surface area contributed by atoms with Gasteiger partial charge >= 0.3 is 11.9 Å². The van der Waals surface area contributed by atoms with Crippen LogP contribution in [0.3, 0.4) is 0 Å². The van der Waals surface area contributed by atoms with Crippen molar-refractivity contribution >= 4 is 11.9 Å². The summed E-state index contributed by atoms with van der Waals surface area (Å²) in [5.74, 6) is 0.186. The monoisotopic (exact) mass is 329 g/mol. The molecule has 0 aliphatic rings. The van der Waals surface area contributed by atoms with Crippen molar-refractivity contribution in [1.82, 2.24) is 0 Å². The molecule has 5 nitrogen and oxygen atoms in total. The van der Waals surface area contributed by atoms with Crippen molar-refractivity contribution in [3.63, 3.8) is 0 Å². The van der Waals surface area contributed by atoms with E-state index in [-0.39, 0.29) is 0 Å². The SMILES string of the molecule is CC(=O)Oc1c(C)c(C)c(OC(C)=O)c(CC=C(C)CC#N)c1C. The van der Waals surface area contributed by atoms with Gasteiger partial charge in [0.05, 0.1) is 12.5 Å². The highest BCUT2D eigenvalue weighted by atomic mass is 16.5. The number of carbonyl (C=O) groups excluding carboxylic acids is 2. The maximum Gasteiger partial charge on any atom is 0.308 e. The van der Waals surface area contributed by atoms with Crippen LogP contribution in [0.4, 0.5) is 0 Å². The van der Waals surface area contributed by atoms with E-state index in [1.807, 2.05) is 33.8 Å². The van der Waals surface area contributed by atoms with Crippen molar-refractivity contribution in [2.75, 3.05) is 0 Å². The molecule has 0 saturated carbocycles. The summed E-state index contributed by atoms with van der Waals surface area (Å²) in [6.45, 7) is 10.1. The van der Waals surface area contributed by atoms with Crippen LogP contribution < -0.4 is 9.47 Å². The first-order valence-electron chi connectivity index (χ1n) is 7.71. The van der Waals surface area contributed by atoms with Crippen LogP contribution in [0.1, 0.15) is 49.4 Å². The molecule has 0 aromatic heterocycles. The Balaban J connectivity index is 3.52. The Morgan fingerprint density at radius 1 is 0.958 bits per heavy atom. The number of hydrogen-bond acceptors (Lipinski definition) is 5. The smallest absolute Gasteiger partial charge is 0.308 e. The molecule has 0 fully saturated rings. The third-order valence-electron chi connectivity index (χ3n) is 3.82. The minimum absolute atomic E-state index is 0.337. The van der Waals surface area contributed by atoms with Gasteiger partial charge < -0.3 is 9.47 Å². The lowest BCUT2D eigenvalue weighted by atomic mass is 9.94. The Labute approximate surface area is 142 Å². The minimum atomic E-state index is -0.406. The van der Waals surface area contributed by atoms with Crippen LogP contribution in [-0.2, 0) is 16.0 Å². The molecule has 0 unspecified atom stereocenters. The lowest BCUT2D eigenvalue weighted by Crippen LogP contribution is -2.11. The summed E-state index contributed by atoms with van der Waals surface area (Å²) in [5.41, 5.74) is 3.99. The van der Waals surface area contributed by atoms with Crippen molar-refractivity contribution < 1.29 is 19.1 Å². The number of carbonyl (C=O) groups is 2. The first-order chi connectivity index (χ1) is 11.2. The van der Waals surface area contributed by atoms with Crippen LogP contribution >= 0.6 is 0 Å². The molecular weight excluding hydrogens is 306 g/mol. The fourth-order valence-electron chi connectivity index (χ4n) is 2.45. The highest BCUT2D eigenvalue weighted by molar-refractivity contribution is 5.74. The van der Waals surface area contributed by atoms with E-state index in [2.05, 4.69) is 6.07 Å². The summed E-state index contributed by atoms with van der Waals surface area (Å²) in [6.07, 6.45) is 2.74. The molecule has 0 spiro atoms. The number of nitriles is 1. The van der Waals surface area contributed by atoms with Gasteiger partial charge in [-0.15, -0.1) is 0 Å². The van der Waals surface area contributed by atoms with E-state index in [1.54, 1.807) is 0 Å². The molecule has 1 aromatic rings. The van der Waals surface area contributed by atoms with Crippen molar-refractivity contribution in [3.05, 3.63) is 33.9 Å². The number of hydrogen-bond donors (Lipinski definition) is 0. The predicted octanol–water partition coefficient (Wildman–Crippen LogP) is 3.86. The molecule has 0 N–H and O–H groups in total. The van der Waals surface area contributed by atoms with Gasteiger partial charge in [-0.2, -0.15) is 5.26 Å². The van der Waals surface area contributed by atoms with Gasteiger partial charge in [0.15, 0.2) is 0 Å². The lowest BCUT2D eigenvalue weighted by Gasteiger charge is -2.20. The summed E-state index contributed by atoms with van der Waals surface area (Å²) >= 11 is 0.